The molecule has 2 aromatic carbocycles. The van der Waals surface area contributed by atoms with Gasteiger partial charge in [-0.1, -0.05) is 35.9 Å². The van der Waals surface area contributed by atoms with Gasteiger partial charge in [-0.05, 0) is 50.5 Å². The Kier molecular flexibility index (Phi) is 6.87. The fraction of sp³-hybridized carbons (Fsp3) is 0.381. The number of hydrogen-bond donors (Lipinski definition) is 1. The van der Waals surface area contributed by atoms with Crippen molar-refractivity contribution in [3.63, 3.8) is 0 Å². The third-order valence-electron chi connectivity index (χ3n) is 3.84. The summed E-state index contributed by atoms with van der Waals surface area (Å²) >= 11 is 0. The fourth-order valence-electron chi connectivity index (χ4n) is 2.47. The lowest BCUT2D eigenvalue weighted by molar-refractivity contribution is -0.121. The molecule has 0 saturated carbocycles. The lowest BCUT2D eigenvalue weighted by Gasteiger charge is -2.14. The number of carbonyl (C=O) groups is 1. The van der Waals surface area contributed by atoms with E-state index in [4.69, 9.17) is 9.47 Å². The minimum absolute atomic E-state index is 0.0436. The summed E-state index contributed by atoms with van der Waals surface area (Å²) in [4.78, 5) is 12.1. The number of hydrogen-bond acceptors (Lipinski definition) is 3. The molecule has 0 aliphatic heterocycles. The highest BCUT2D eigenvalue weighted by molar-refractivity contribution is 5.76. The molecule has 2 rings (SSSR count). The molecule has 0 heterocycles. The summed E-state index contributed by atoms with van der Waals surface area (Å²) in [5.74, 6) is 1.44. The van der Waals surface area contributed by atoms with Gasteiger partial charge >= 0.3 is 0 Å². The standard InChI is InChI=1S/C21H27NO3/c1-15(2)25-19-11-9-18(13-20(19)24-4)14-22-21(23)12-10-17-7-5-16(3)6-8-17/h5-9,11,13,15H,10,12,14H2,1-4H3,(H,22,23). The first-order chi connectivity index (χ1) is 12.0. The molecule has 0 radical (unpaired) electrons. The Labute approximate surface area is 150 Å². The molecule has 0 fully saturated rings. The first-order valence-corrected chi connectivity index (χ1v) is 8.63. The number of carbonyl (C=O) groups excluding carboxylic acids is 1. The lowest BCUT2D eigenvalue weighted by Crippen LogP contribution is -2.23. The van der Waals surface area contributed by atoms with Crippen LogP contribution in [0.25, 0.3) is 0 Å². The second kappa shape index (κ2) is 9.11. The molecule has 134 valence electrons. The minimum atomic E-state index is 0.0436. The van der Waals surface area contributed by atoms with Gasteiger partial charge in [-0.3, -0.25) is 4.79 Å². The van der Waals surface area contributed by atoms with Crippen molar-refractivity contribution in [3.05, 3.63) is 59.2 Å². The van der Waals surface area contributed by atoms with Crippen molar-refractivity contribution in [3.8, 4) is 11.5 Å². The Hall–Kier alpha value is -2.49. The maximum absolute atomic E-state index is 12.1. The van der Waals surface area contributed by atoms with Crippen LogP contribution in [0.3, 0.4) is 0 Å². The summed E-state index contributed by atoms with van der Waals surface area (Å²) in [6.07, 6.45) is 1.31. The maximum Gasteiger partial charge on any atom is 0.220 e. The van der Waals surface area contributed by atoms with E-state index >= 15 is 0 Å². The van der Waals surface area contributed by atoms with Crippen LogP contribution >= 0.6 is 0 Å². The first-order valence-electron chi connectivity index (χ1n) is 8.63. The molecular formula is C21H27NO3. The molecule has 0 aromatic heterocycles. The van der Waals surface area contributed by atoms with E-state index in [1.807, 2.05) is 32.0 Å². The zero-order valence-corrected chi connectivity index (χ0v) is 15.5. The van der Waals surface area contributed by atoms with Crippen molar-refractivity contribution >= 4 is 5.91 Å². The molecule has 1 N–H and O–H groups in total. The van der Waals surface area contributed by atoms with Gasteiger partial charge in [0, 0.05) is 13.0 Å². The number of methoxy groups -OCH3 is 1. The maximum atomic E-state index is 12.1. The van der Waals surface area contributed by atoms with E-state index < -0.39 is 0 Å². The molecule has 2 aromatic rings. The highest BCUT2D eigenvalue weighted by Crippen LogP contribution is 2.28. The lowest BCUT2D eigenvalue weighted by atomic mass is 10.1. The van der Waals surface area contributed by atoms with Crippen LogP contribution in [-0.4, -0.2) is 19.1 Å². The topological polar surface area (TPSA) is 47.6 Å². The van der Waals surface area contributed by atoms with Crippen LogP contribution in [-0.2, 0) is 17.8 Å². The van der Waals surface area contributed by atoms with Crippen LogP contribution in [0.1, 0.15) is 37.0 Å². The number of amides is 1. The summed E-state index contributed by atoms with van der Waals surface area (Å²) in [7, 11) is 1.62. The van der Waals surface area contributed by atoms with E-state index in [2.05, 4.69) is 36.5 Å². The normalized spacial score (nSPS) is 10.6. The van der Waals surface area contributed by atoms with Crippen LogP contribution in [0.5, 0.6) is 11.5 Å². The highest BCUT2D eigenvalue weighted by Gasteiger charge is 2.08. The number of ether oxygens (including phenoxy) is 2. The zero-order valence-electron chi connectivity index (χ0n) is 15.5. The predicted octanol–water partition coefficient (Wildman–Crippen LogP) is 4.04. The molecule has 25 heavy (non-hydrogen) atoms. The summed E-state index contributed by atoms with van der Waals surface area (Å²) < 4.78 is 11.1. The molecule has 4 nitrogen and oxygen atoms in total. The van der Waals surface area contributed by atoms with Gasteiger partial charge in [-0.2, -0.15) is 0 Å². The Morgan fingerprint density at radius 2 is 1.72 bits per heavy atom. The highest BCUT2D eigenvalue weighted by atomic mass is 16.5. The van der Waals surface area contributed by atoms with E-state index in [9.17, 15) is 4.79 Å². The molecular weight excluding hydrogens is 314 g/mol. The van der Waals surface area contributed by atoms with Crippen LogP contribution in [0.15, 0.2) is 42.5 Å². The van der Waals surface area contributed by atoms with E-state index in [1.54, 1.807) is 7.11 Å². The average molecular weight is 341 g/mol. The van der Waals surface area contributed by atoms with Gasteiger partial charge in [0.2, 0.25) is 5.91 Å². The van der Waals surface area contributed by atoms with Gasteiger partial charge in [0.15, 0.2) is 11.5 Å². The van der Waals surface area contributed by atoms with Crippen molar-refractivity contribution < 1.29 is 14.3 Å². The van der Waals surface area contributed by atoms with E-state index in [0.29, 0.717) is 24.5 Å². The number of aryl methyl sites for hydroxylation is 2. The van der Waals surface area contributed by atoms with Gasteiger partial charge in [0.05, 0.1) is 13.2 Å². The van der Waals surface area contributed by atoms with Crippen LogP contribution in [0, 0.1) is 6.92 Å². The van der Waals surface area contributed by atoms with Crippen molar-refractivity contribution in [2.45, 2.75) is 46.3 Å². The van der Waals surface area contributed by atoms with Crippen molar-refractivity contribution in [2.24, 2.45) is 0 Å². The summed E-state index contributed by atoms with van der Waals surface area (Å²) in [6.45, 7) is 6.48. The first kappa shape index (κ1) is 18.8. The molecule has 0 spiro atoms. The molecule has 0 aliphatic carbocycles. The van der Waals surface area contributed by atoms with E-state index in [-0.39, 0.29) is 12.0 Å². The Morgan fingerprint density at radius 3 is 2.36 bits per heavy atom. The molecule has 0 unspecified atom stereocenters. The Bertz CT molecular complexity index is 693. The quantitative estimate of drug-likeness (QED) is 0.788. The fourth-order valence-corrected chi connectivity index (χ4v) is 2.47. The minimum Gasteiger partial charge on any atom is -0.493 e. The number of benzene rings is 2. The molecule has 0 aliphatic rings. The average Bonchev–Trinajstić information content (AvgIpc) is 2.60. The van der Waals surface area contributed by atoms with Gasteiger partial charge in [-0.15, -0.1) is 0 Å². The van der Waals surface area contributed by atoms with Gasteiger partial charge in [-0.25, -0.2) is 0 Å². The zero-order chi connectivity index (χ0) is 18.2. The SMILES string of the molecule is COc1cc(CNC(=O)CCc2ccc(C)cc2)ccc1OC(C)C. The Morgan fingerprint density at radius 1 is 1.04 bits per heavy atom. The van der Waals surface area contributed by atoms with Gasteiger partial charge in [0.1, 0.15) is 0 Å². The summed E-state index contributed by atoms with van der Waals surface area (Å²) in [5, 5.41) is 2.96. The molecule has 0 saturated heterocycles. The van der Waals surface area contributed by atoms with Crippen LogP contribution in [0.2, 0.25) is 0 Å². The largest absolute Gasteiger partial charge is 0.493 e. The molecule has 1 amide bonds. The summed E-state index contributed by atoms with van der Waals surface area (Å²) in [6, 6.07) is 14.0. The number of rotatable bonds is 8. The predicted molar refractivity (Wildman–Crippen MR) is 100 cm³/mol. The molecule has 0 bridgehead atoms. The second-order valence-corrected chi connectivity index (χ2v) is 6.41. The molecule has 0 atom stereocenters. The third kappa shape index (κ3) is 6.14. The van der Waals surface area contributed by atoms with Gasteiger partial charge < -0.3 is 14.8 Å². The summed E-state index contributed by atoms with van der Waals surface area (Å²) in [5.41, 5.74) is 3.39. The van der Waals surface area contributed by atoms with Gasteiger partial charge in [0.25, 0.3) is 0 Å². The van der Waals surface area contributed by atoms with E-state index in [1.165, 1.54) is 11.1 Å². The Balaban J connectivity index is 1.85. The monoisotopic (exact) mass is 341 g/mol. The van der Waals surface area contributed by atoms with Crippen molar-refractivity contribution in [1.82, 2.24) is 5.32 Å². The van der Waals surface area contributed by atoms with Crippen molar-refractivity contribution in [2.75, 3.05) is 7.11 Å². The molecule has 4 heteroatoms. The third-order valence-corrected chi connectivity index (χ3v) is 3.84. The second-order valence-electron chi connectivity index (χ2n) is 6.41. The number of nitrogens with one attached hydrogen (secondary N) is 1. The van der Waals surface area contributed by atoms with Crippen LogP contribution in [0.4, 0.5) is 0 Å². The van der Waals surface area contributed by atoms with E-state index in [0.717, 1.165) is 12.0 Å². The smallest absolute Gasteiger partial charge is 0.220 e. The van der Waals surface area contributed by atoms with Crippen molar-refractivity contribution in [1.29, 1.82) is 0 Å². The van der Waals surface area contributed by atoms with Crippen LogP contribution < -0.4 is 14.8 Å².